The molecule has 0 saturated carbocycles. The van der Waals surface area contributed by atoms with Gasteiger partial charge >= 0.3 is 0 Å². The number of nitrogens with zero attached hydrogens (tertiary/aromatic N) is 1. The van der Waals surface area contributed by atoms with Gasteiger partial charge in [0.15, 0.2) is 0 Å². The lowest BCUT2D eigenvalue weighted by atomic mass is 10.0. The van der Waals surface area contributed by atoms with Crippen LogP contribution in [-0.4, -0.2) is 38.3 Å². The van der Waals surface area contributed by atoms with E-state index in [-0.39, 0.29) is 17.9 Å². The molecule has 0 aromatic heterocycles. The highest BCUT2D eigenvalue weighted by atomic mass is 16.5. The zero-order valence-electron chi connectivity index (χ0n) is 17.7. The third-order valence-corrected chi connectivity index (χ3v) is 5.25. The van der Waals surface area contributed by atoms with Crippen molar-refractivity contribution in [3.8, 4) is 11.5 Å². The maximum Gasteiger partial charge on any atom is 0.227 e. The number of likely N-dealkylation sites (N-methyl/N-ethyl adjacent to an activating group) is 1. The lowest BCUT2D eigenvalue weighted by Gasteiger charge is -2.20. The van der Waals surface area contributed by atoms with Crippen LogP contribution in [0, 0.1) is 0 Å². The Bertz CT molecular complexity index is 774. The van der Waals surface area contributed by atoms with Gasteiger partial charge < -0.3 is 19.7 Å². The summed E-state index contributed by atoms with van der Waals surface area (Å²) in [5, 5.41) is 2.87. The molecule has 2 aromatic carbocycles. The second kappa shape index (κ2) is 10.2. The van der Waals surface area contributed by atoms with Crippen LogP contribution >= 0.6 is 0 Å². The molecular formula is C24H32N2O3. The SMILES string of the molecule is CCCOc1ccc(N2CCC(Oc3ccc(C(C)C(=O)NCC)cc3)C2)cc1. The van der Waals surface area contributed by atoms with Gasteiger partial charge in [0.25, 0.3) is 0 Å². The highest BCUT2D eigenvalue weighted by Gasteiger charge is 2.24. The largest absolute Gasteiger partial charge is 0.494 e. The second-order valence-corrected chi connectivity index (χ2v) is 7.50. The van der Waals surface area contributed by atoms with Crippen molar-refractivity contribution in [2.24, 2.45) is 0 Å². The summed E-state index contributed by atoms with van der Waals surface area (Å²) in [6, 6.07) is 16.2. The first-order valence-electron chi connectivity index (χ1n) is 10.6. The van der Waals surface area contributed by atoms with Gasteiger partial charge in [-0.15, -0.1) is 0 Å². The zero-order chi connectivity index (χ0) is 20.6. The summed E-state index contributed by atoms with van der Waals surface area (Å²) >= 11 is 0. The minimum atomic E-state index is -0.157. The minimum Gasteiger partial charge on any atom is -0.494 e. The molecule has 1 heterocycles. The molecular weight excluding hydrogens is 364 g/mol. The third-order valence-electron chi connectivity index (χ3n) is 5.25. The summed E-state index contributed by atoms with van der Waals surface area (Å²) in [7, 11) is 0. The molecule has 1 aliphatic rings. The second-order valence-electron chi connectivity index (χ2n) is 7.50. The molecule has 156 valence electrons. The molecule has 1 saturated heterocycles. The fourth-order valence-electron chi connectivity index (χ4n) is 3.54. The predicted octanol–water partition coefficient (Wildman–Crippen LogP) is 4.37. The first-order valence-corrected chi connectivity index (χ1v) is 10.6. The van der Waals surface area contributed by atoms with Gasteiger partial charge in [0.2, 0.25) is 5.91 Å². The molecule has 2 atom stereocenters. The fraction of sp³-hybridized carbons (Fsp3) is 0.458. The normalized spacial score (nSPS) is 17.1. The van der Waals surface area contributed by atoms with E-state index in [1.165, 1.54) is 5.69 Å². The number of hydrogen-bond donors (Lipinski definition) is 1. The van der Waals surface area contributed by atoms with Crippen molar-refractivity contribution in [1.82, 2.24) is 5.32 Å². The van der Waals surface area contributed by atoms with E-state index >= 15 is 0 Å². The van der Waals surface area contributed by atoms with E-state index in [9.17, 15) is 4.79 Å². The van der Waals surface area contributed by atoms with E-state index in [0.717, 1.165) is 49.6 Å². The standard InChI is InChI=1S/C24H32N2O3/c1-4-16-28-21-12-8-20(9-13-21)26-15-14-23(17-26)29-22-10-6-19(7-11-22)18(3)24(27)25-5-2/h6-13,18,23H,4-5,14-17H2,1-3H3,(H,25,27). The molecule has 0 radical (unpaired) electrons. The van der Waals surface area contributed by atoms with Gasteiger partial charge in [-0.1, -0.05) is 19.1 Å². The van der Waals surface area contributed by atoms with Gasteiger partial charge in [-0.2, -0.15) is 0 Å². The van der Waals surface area contributed by atoms with E-state index in [1.54, 1.807) is 0 Å². The Morgan fingerprint density at radius 1 is 1.10 bits per heavy atom. The molecule has 5 heteroatoms. The fourth-order valence-corrected chi connectivity index (χ4v) is 3.54. The Kier molecular flexibility index (Phi) is 7.39. The van der Waals surface area contributed by atoms with Crippen molar-refractivity contribution >= 4 is 11.6 Å². The number of carbonyl (C=O) groups is 1. The molecule has 1 N–H and O–H groups in total. The summed E-state index contributed by atoms with van der Waals surface area (Å²) in [6.45, 7) is 9.21. The van der Waals surface area contributed by atoms with Gasteiger partial charge in [-0.25, -0.2) is 0 Å². The van der Waals surface area contributed by atoms with Gasteiger partial charge in [-0.05, 0) is 62.2 Å². The van der Waals surface area contributed by atoms with E-state index in [1.807, 2.05) is 50.2 Å². The van der Waals surface area contributed by atoms with Crippen LogP contribution in [0.2, 0.25) is 0 Å². The summed E-state index contributed by atoms with van der Waals surface area (Å²) in [6.07, 6.45) is 2.17. The average Bonchev–Trinajstić information content (AvgIpc) is 3.21. The number of anilines is 1. The van der Waals surface area contributed by atoms with E-state index in [0.29, 0.717) is 6.54 Å². The molecule has 3 rings (SSSR count). The summed E-state index contributed by atoms with van der Waals surface area (Å²) in [5.41, 5.74) is 2.20. The highest BCUT2D eigenvalue weighted by molar-refractivity contribution is 5.83. The Labute approximate surface area is 174 Å². The summed E-state index contributed by atoms with van der Waals surface area (Å²) in [5.74, 6) is 1.67. The van der Waals surface area contributed by atoms with Crippen molar-refractivity contribution < 1.29 is 14.3 Å². The molecule has 0 spiro atoms. The number of nitrogens with one attached hydrogen (secondary N) is 1. The molecule has 0 aliphatic carbocycles. The smallest absolute Gasteiger partial charge is 0.227 e. The van der Waals surface area contributed by atoms with Gasteiger partial charge in [0, 0.05) is 25.2 Å². The van der Waals surface area contributed by atoms with Crippen LogP contribution in [0.1, 0.15) is 45.1 Å². The topological polar surface area (TPSA) is 50.8 Å². The van der Waals surface area contributed by atoms with Crippen molar-refractivity contribution in [1.29, 1.82) is 0 Å². The maximum absolute atomic E-state index is 12.0. The Hall–Kier alpha value is -2.69. The van der Waals surface area contributed by atoms with Crippen LogP contribution < -0.4 is 19.7 Å². The lowest BCUT2D eigenvalue weighted by Crippen LogP contribution is -2.27. The molecule has 1 aliphatic heterocycles. The van der Waals surface area contributed by atoms with Gasteiger partial charge in [0.1, 0.15) is 17.6 Å². The number of carbonyl (C=O) groups excluding carboxylic acids is 1. The molecule has 2 aromatic rings. The average molecular weight is 397 g/mol. The zero-order valence-corrected chi connectivity index (χ0v) is 17.7. The number of benzene rings is 2. The minimum absolute atomic E-state index is 0.0544. The van der Waals surface area contributed by atoms with Crippen LogP contribution in [0.5, 0.6) is 11.5 Å². The van der Waals surface area contributed by atoms with Gasteiger partial charge in [-0.3, -0.25) is 4.79 Å². The van der Waals surface area contributed by atoms with Crippen LogP contribution in [0.25, 0.3) is 0 Å². The summed E-state index contributed by atoms with van der Waals surface area (Å²) < 4.78 is 11.8. The number of hydrogen-bond acceptors (Lipinski definition) is 4. The van der Waals surface area contributed by atoms with Crippen molar-refractivity contribution in [2.45, 2.75) is 45.6 Å². The van der Waals surface area contributed by atoms with Crippen LogP contribution in [-0.2, 0) is 4.79 Å². The van der Waals surface area contributed by atoms with Crippen LogP contribution in [0.3, 0.4) is 0 Å². The Morgan fingerprint density at radius 2 is 1.79 bits per heavy atom. The first-order chi connectivity index (χ1) is 14.1. The molecule has 2 unspecified atom stereocenters. The highest BCUT2D eigenvalue weighted by Crippen LogP contribution is 2.26. The van der Waals surface area contributed by atoms with E-state index < -0.39 is 0 Å². The maximum atomic E-state index is 12.0. The van der Waals surface area contributed by atoms with E-state index in [2.05, 4.69) is 29.3 Å². The van der Waals surface area contributed by atoms with E-state index in [4.69, 9.17) is 9.47 Å². The molecule has 29 heavy (non-hydrogen) atoms. The molecule has 1 amide bonds. The van der Waals surface area contributed by atoms with Crippen molar-refractivity contribution in [3.05, 3.63) is 54.1 Å². The van der Waals surface area contributed by atoms with Crippen LogP contribution in [0.15, 0.2) is 48.5 Å². The Balaban J connectivity index is 1.52. The van der Waals surface area contributed by atoms with Crippen molar-refractivity contribution in [2.75, 3.05) is 31.1 Å². The molecule has 5 nitrogen and oxygen atoms in total. The monoisotopic (exact) mass is 396 g/mol. The van der Waals surface area contributed by atoms with Crippen molar-refractivity contribution in [3.63, 3.8) is 0 Å². The lowest BCUT2D eigenvalue weighted by molar-refractivity contribution is -0.122. The first kappa shape index (κ1) is 21.0. The predicted molar refractivity (Wildman–Crippen MR) is 117 cm³/mol. The molecule has 1 fully saturated rings. The Morgan fingerprint density at radius 3 is 2.45 bits per heavy atom. The number of amides is 1. The number of ether oxygens (including phenoxy) is 2. The number of rotatable bonds is 9. The van der Waals surface area contributed by atoms with Crippen LogP contribution in [0.4, 0.5) is 5.69 Å². The third kappa shape index (κ3) is 5.66. The summed E-state index contributed by atoms with van der Waals surface area (Å²) in [4.78, 5) is 14.3. The van der Waals surface area contributed by atoms with Gasteiger partial charge in [0.05, 0.1) is 19.1 Å². The molecule has 0 bridgehead atoms. The quantitative estimate of drug-likeness (QED) is 0.684.